The Morgan fingerprint density at radius 1 is 1.16 bits per heavy atom. The van der Waals surface area contributed by atoms with Crippen LogP contribution in [-0.4, -0.2) is 36.8 Å². The van der Waals surface area contributed by atoms with Gasteiger partial charge >= 0.3 is 12.2 Å². The van der Waals surface area contributed by atoms with Crippen LogP contribution in [0.3, 0.4) is 0 Å². The molecular formula is C15H19F4N3O3. The van der Waals surface area contributed by atoms with Gasteiger partial charge in [-0.3, -0.25) is 10.1 Å². The van der Waals surface area contributed by atoms with E-state index in [2.05, 4.69) is 15.4 Å². The monoisotopic (exact) mass is 365 g/mol. The van der Waals surface area contributed by atoms with Crippen molar-refractivity contribution in [2.45, 2.75) is 32.5 Å². The third kappa shape index (κ3) is 8.77. The minimum Gasteiger partial charge on any atom is -0.482 e. The van der Waals surface area contributed by atoms with Crippen LogP contribution in [0.15, 0.2) is 18.2 Å². The molecule has 3 N–H and O–H groups in total. The number of carbonyl (C=O) groups is 2. The second kappa shape index (κ2) is 8.04. The number of amides is 3. The van der Waals surface area contributed by atoms with E-state index in [-0.39, 0.29) is 11.4 Å². The predicted octanol–water partition coefficient (Wildman–Crippen LogP) is 2.80. The van der Waals surface area contributed by atoms with Gasteiger partial charge in [-0.25, -0.2) is 9.18 Å². The Bertz CT molecular complexity index is 627. The van der Waals surface area contributed by atoms with E-state index in [1.54, 1.807) is 20.8 Å². The fraction of sp³-hybridized carbons (Fsp3) is 0.467. The number of benzene rings is 1. The molecule has 0 aliphatic carbocycles. The Hall–Kier alpha value is -2.52. The van der Waals surface area contributed by atoms with E-state index in [4.69, 9.17) is 0 Å². The molecule has 0 fully saturated rings. The average Bonchev–Trinajstić information content (AvgIpc) is 2.40. The summed E-state index contributed by atoms with van der Waals surface area (Å²) >= 11 is 0. The van der Waals surface area contributed by atoms with Gasteiger partial charge < -0.3 is 15.4 Å². The van der Waals surface area contributed by atoms with Crippen molar-refractivity contribution in [1.82, 2.24) is 10.6 Å². The molecule has 0 atom stereocenters. The highest BCUT2D eigenvalue weighted by molar-refractivity contribution is 5.96. The first-order valence-electron chi connectivity index (χ1n) is 7.21. The maximum absolute atomic E-state index is 13.3. The van der Waals surface area contributed by atoms with Gasteiger partial charge in [0.15, 0.2) is 6.61 Å². The fourth-order valence-electron chi connectivity index (χ4n) is 1.64. The normalized spacial score (nSPS) is 11.6. The highest BCUT2D eigenvalue weighted by Gasteiger charge is 2.29. The SMILES string of the molecule is CC(C)(C)NC(=O)NC(=O)CNc1cc(F)ccc1OCC(F)(F)F. The van der Waals surface area contributed by atoms with E-state index in [0.717, 1.165) is 18.2 Å². The predicted molar refractivity (Wildman–Crippen MR) is 82.9 cm³/mol. The molecule has 0 saturated heterocycles. The Morgan fingerprint density at radius 2 is 1.80 bits per heavy atom. The summed E-state index contributed by atoms with van der Waals surface area (Å²) in [6.45, 7) is 3.11. The van der Waals surface area contributed by atoms with Crippen molar-refractivity contribution in [3.8, 4) is 5.75 Å². The van der Waals surface area contributed by atoms with Gasteiger partial charge in [0.1, 0.15) is 11.6 Å². The zero-order chi connectivity index (χ0) is 19.3. The van der Waals surface area contributed by atoms with Crippen molar-refractivity contribution in [3.05, 3.63) is 24.0 Å². The Balaban J connectivity index is 2.65. The standard InChI is InChI=1S/C15H19F4N3O3/c1-14(2,3)22-13(24)21-12(23)7-20-10-6-9(16)4-5-11(10)25-8-15(17,18)19/h4-6,20H,7-8H2,1-3H3,(H2,21,22,23,24). The quantitative estimate of drug-likeness (QED) is 0.701. The molecule has 3 amide bonds. The maximum atomic E-state index is 13.3. The van der Waals surface area contributed by atoms with E-state index in [9.17, 15) is 27.2 Å². The smallest absolute Gasteiger partial charge is 0.422 e. The molecule has 6 nitrogen and oxygen atoms in total. The molecular weight excluding hydrogens is 346 g/mol. The molecule has 1 rings (SSSR count). The minimum absolute atomic E-state index is 0.143. The third-order valence-corrected chi connectivity index (χ3v) is 2.51. The van der Waals surface area contributed by atoms with E-state index >= 15 is 0 Å². The molecule has 1 aromatic carbocycles. The lowest BCUT2D eigenvalue weighted by molar-refractivity contribution is -0.153. The summed E-state index contributed by atoms with van der Waals surface area (Å²) in [6.07, 6.45) is -4.56. The first kappa shape index (κ1) is 20.5. The molecule has 140 valence electrons. The number of alkyl halides is 3. The number of imide groups is 1. The lowest BCUT2D eigenvalue weighted by Gasteiger charge is -2.20. The van der Waals surface area contributed by atoms with E-state index in [1.807, 2.05) is 5.32 Å². The molecule has 0 spiro atoms. The highest BCUT2D eigenvalue weighted by Crippen LogP contribution is 2.27. The Labute approximate surface area is 141 Å². The van der Waals surface area contributed by atoms with Gasteiger partial charge in [-0.1, -0.05) is 0 Å². The van der Waals surface area contributed by atoms with Crippen LogP contribution in [0.4, 0.5) is 28.0 Å². The van der Waals surface area contributed by atoms with Crippen LogP contribution in [0, 0.1) is 5.82 Å². The van der Waals surface area contributed by atoms with Gasteiger partial charge in [0.2, 0.25) is 5.91 Å². The zero-order valence-electron chi connectivity index (χ0n) is 13.9. The molecule has 10 heteroatoms. The van der Waals surface area contributed by atoms with Crippen LogP contribution in [0.1, 0.15) is 20.8 Å². The second-order valence-electron chi connectivity index (χ2n) is 6.15. The van der Waals surface area contributed by atoms with Crippen molar-refractivity contribution >= 4 is 17.6 Å². The topological polar surface area (TPSA) is 79.5 Å². The molecule has 25 heavy (non-hydrogen) atoms. The van der Waals surface area contributed by atoms with Crippen LogP contribution >= 0.6 is 0 Å². The number of rotatable bonds is 5. The molecule has 0 radical (unpaired) electrons. The van der Waals surface area contributed by atoms with Crippen molar-refractivity contribution in [2.75, 3.05) is 18.5 Å². The van der Waals surface area contributed by atoms with Crippen LogP contribution < -0.4 is 20.7 Å². The van der Waals surface area contributed by atoms with E-state index < -0.39 is 42.6 Å². The van der Waals surface area contributed by atoms with Gasteiger partial charge in [0, 0.05) is 11.6 Å². The summed E-state index contributed by atoms with van der Waals surface area (Å²) in [4.78, 5) is 23.2. The Kier molecular flexibility index (Phi) is 6.60. The number of carbonyl (C=O) groups excluding carboxylic acids is 2. The third-order valence-electron chi connectivity index (χ3n) is 2.51. The van der Waals surface area contributed by atoms with Gasteiger partial charge in [-0.2, -0.15) is 13.2 Å². The molecule has 0 aromatic heterocycles. The second-order valence-corrected chi connectivity index (χ2v) is 6.15. The summed E-state index contributed by atoms with van der Waals surface area (Å²) in [5.74, 6) is -1.76. The molecule has 0 aliphatic heterocycles. The summed E-state index contributed by atoms with van der Waals surface area (Å²) < 4.78 is 54.5. The molecule has 0 heterocycles. The van der Waals surface area contributed by atoms with Gasteiger partial charge in [-0.05, 0) is 32.9 Å². The van der Waals surface area contributed by atoms with Crippen molar-refractivity contribution in [1.29, 1.82) is 0 Å². The lowest BCUT2D eigenvalue weighted by atomic mass is 10.1. The van der Waals surface area contributed by atoms with Gasteiger partial charge in [0.25, 0.3) is 0 Å². The summed E-state index contributed by atoms with van der Waals surface area (Å²) in [6, 6.07) is 2.09. The van der Waals surface area contributed by atoms with E-state index in [0.29, 0.717) is 0 Å². The van der Waals surface area contributed by atoms with Crippen LogP contribution in [0.5, 0.6) is 5.75 Å². The molecule has 0 bridgehead atoms. The van der Waals surface area contributed by atoms with Crippen molar-refractivity contribution < 1.29 is 31.9 Å². The van der Waals surface area contributed by atoms with E-state index in [1.165, 1.54) is 0 Å². The number of urea groups is 1. The van der Waals surface area contributed by atoms with Crippen molar-refractivity contribution in [3.63, 3.8) is 0 Å². The average molecular weight is 365 g/mol. The summed E-state index contributed by atoms with van der Waals surface area (Å²) in [5, 5.41) is 6.96. The number of ether oxygens (including phenoxy) is 1. The molecule has 0 saturated carbocycles. The number of nitrogens with one attached hydrogen (secondary N) is 3. The lowest BCUT2D eigenvalue weighted by Crippen LogP contribution is -2.49. The fourth-order valence-corrected chi connectivity index (χ4v) is 1.64. The number of anilines is 1. The van der Waals surface area contributed by atoms with Crippen molar-refractivity contribution in [2.24, 2.45) is 0 Å². The zero-order valence-corrected chi connectivity index (χ0v) is 13.9. The molecule has 0 aliphatic rings. The van der Waals surface area contributed by atoms with Crippen LogP contribution in [0.25, 0.3) is 0 Å². The maximum Gasteiger partial charge on any atom is 0.422 e. The highest BCUT2D eigenvalue weighted by atomic mass is 19.4. The Morgan fingerprint density at radius 3 is 2.36 bits per heavy atom. The first-order chi connectivity index (χ1) is 11.4. The van der Waals surface area contributed by atoms with Crippen LogP contribution in [0.2, 0.25) is 0 Å². The summed E-state index contributed by atoms with van der Waals surface area (Å²) in [7, 11) is 0. The van der Waals surface area contributed by atoms with Gasteiger partial charge in [0.05, 0.1) is 12.2 Å². The van der Waals surface area contributed by atoms with Crippen LogP contribution in [-0.2, 0) is 4.79 Å². The molecule has 0 unspecified atom stereocenters. The number of hydrogen-bond acceptors (Lipinski definition) is 4. The first-order valence-corrected chi connectivity index (χ1v) is 7.21. The summed E-state index contributed by atoms with van der Waals surface area (Å²) in [5.41, 5.74) is -0.700. The number of halogens is 4. The van der Waals surface area contributed by atoms with Gasteiger partial charge in [-0.15, -0.1) is 0 Å². The minimum atomic E-state index is -4.56. The molecule has 1 aromatic rings. The largest absolute Gasteiger partial charge is 0.482 e. The number of hydrogen-bond donors (Lipinski definition) is 3.